The van der Waals surface area contributed by atoms with E-state index in [0.717, 1.165) is 11.1 Å². The number of rotatable bonds is 6. The summed E-state index contributed by atoms with van der Waals surface area (Å²) in [5, 5.41) is 13.7. The monoisotopic (exact) mass is 444 g/mol. The Bertz CT molecular complexity index is 1130. The molecule has 0 amide bonds. The lowest BCUT2D eigenvalue weighted by atomic mass is 10.1. The summed E-state index contributed by atoms with van der Waals surface area (Å²) in [5.74, 6) is 1.21. The maximum Gasteiger partial charge on any atom is 0.183 e. The molecular weight excluding hydrogens is 431 g/mol. The van der Waals surface area contributed by atoms with E-state index in [1.54, 1.807) is 28.9 Å². The average molecular weight is 446 g/mol. The first-order valence-corrected chi connectivity index (χ1v) is 9.90. The van der Waals surface area contributed by atoms with Crippen molar-refractivity contribution in [2.45, 2.75) is 13.2 Å². The summed E-state index contributed by atoms with van der Waals surface area (Å²) in [4.78, 5) is 0. The van der Waals surface area contributed by atoms with Crippen molar-refractivity contribution >= 4 is 34.8 Å². The number of hydrogen-bond acceptors (Lipinski definition) is 4. The smallest absolute Gasteiger partial charge is 0.183 e. The largest absolute Gasteiger partial charge is 0.489 e. The maximum atomic E-state index is 6.32. The molecule has 0 aliphatic rings. The van der Waals surface area contributed by atoms with Crippen LogP contribution in [-0.2, 0) is 13.2 Å². The van der Waals surface area contributed by atoms with Crippen molar-refractivity contribution in [3.63, 3.8) is 0 Å². The van der Waals surface area contributed by atoms with Gasteiger partial charge in [-0.1, -0.05) is 65.1 Å². The molecule has 0 N–H and O–H groups in total. The van der Waals surface area contributed by atoms with Gasteiger partial charge >= 0.3 is 0 Å². The quantitative estimate of drug-likeness (QED) is 0.369. The van der Waals surface area contributed by atoms with Gasteiger partial charge in [-0.2, -0.15) is 0 Å². The molecule has 0 saturated heterocycles. The number of tetrazole rings is 1. The molecule has 3 aromatic carbocycles. The van der Waals surface area contributed by atoms with Gasteiger partial charge in [-0.3, -0.25) is 0 Å². The molecule has 0 fully saturated rings. The van der Waals surface area contributed by atoms with Crippen LogP contribution in [0.5, 0.6) is 5.75 Å². The second-order valence-corrected chi connectivity index (χ2v) is 7.59. The second-order valence-electron chi connectivity index (χ2n) is 6.31. The summed E-state index contributed by atoms with van der Waals surface area (Å²) in [7, 11) is 0. The number of halogens is 3. The van der Waals surface area contributed by atoms with Gasteiger partial charge in [0.15, 0.2) is 5.82 Å². The Kier molecular flexibility index (Phi) is 6.00. The molecule has 0 spiro atoms. The molecule has 146 valence electrons. The summed E-state index contributed by atoms with van der Waals surface area (Å²) in [5.41, 5.74) is 2.57. The van der Waals surface area contributed by atoms with E-state index in [4.69, 9.17) is 39.5 Å². The predicted molar refractivity (Wildman–Crippen MR) is 115 cm³/mol. The molecule has 29 heavy (non-hydrogen) atoms. The standard InChI is InChI=1S/C21H15Cl3N4O/c22-16-7-9-20(29-13-14-4-2-1-3-5-14)15(10-16)12-28-21(25-26-27-28)18-11-17(23)6-8-19(18)24/h1-11H,12-13H2. The van der Waals surface area contributed by atoms with Gasteiger partial charge in [0.05, 0.1) is 11.6 Å². The van der Waals surface area contributed by atoms with Crippen LogP contribution in [0.4, 0.5) is 0 Å². The Morgan fingerprint density at radius 1 is 0.862 bits per heavy atom. The fraction of sp³-hybridized carbons (Fsp3) is 0.0952. The van der Waals surface area contributed by atoms with Crippen LogP contribution in [0.1, 0.15) is 11.1 Å². The van der Waals surface area contributed by atoms with Crippen molar-refractivity contribution in [1.82, 2.24) is 20.2 Å². The highest BCUT2D eigenvalue weighted by molar-refractivity contribution is 6.35. The Balaban J connectivity index is 1.63. The Morgan fingerprint density at radius 3 is 2.45 bits per heavy atom. The summed E-state index contributed by atoms with van der Waals surface area (Å²) in [6.07, 6.45) is 0. The van der Waals surface area contributed by atoms with Gasteiger partial charge in [0.1, 0.15) is 12.4 Å². The summed E-state index contributed by atoms with van der Waals surface area (Å²) < 4.78 is 7.67. The van der Waals surface area contributed by atoms with Crippen LogP contribution in [0, 0.1) is 0 Å². The van der Waals surface area contributed by atoms with E-state index in [2.05, 4.69) is 15.5 Å². The highest BCUT2D eigenvalue weighted by atomic mass is 35.5. The summed E-state index contributed by atoms with van der Waals surface area (Å²) >= 11 is 18.7. The highest BCUT2D eigenvalue weighted by Crippen LogP contribution is 2.30. The molecule has 4 aromatic rings. The SMILES string of the molecule is Clc1ccc(OCc2ccccc2)c(Cn2nnnc2-c2cc(Cl)ccc2Cl)c1. The van der Waals surface area contributed by atoms with Gasteiger partial charge in [0, 0.05) is 21.2 Å². The maximum absolute atomic E-state index is 6.32. The Hall–Kier alpha value is -2.60. The molecule has 0 unspecified atom stereocenters. The minimum atomic E-state index is 0.357. The van der Waals surface area contributed by atoms with E-state index < -0.39 is 0 Å². The Labute approximate surface area is 182 Å². The third kappa shape index (κ3) is 4.70. The zero-order chi connectivity index (χ0) is 20.2. The number of nitrogens with zero attached hydrogens (tertiary/aromatic N) is 4. The van der Waals surface area contributed by atoms with Crippen LogP contribution in [0.25, 0.3) is 11.4 Å². The predicted octanol–water partition coefficient (Wildman–Crippen LogP) is 5.93. The van der Waals surface area contributed by atoms with Crippen molar-refractivity contribution in [2.75, 3.05) is 0 Å². The summed E-state index contributed by atoms with van der Waals surface area (Å²) in [6, 6.07) is 20.6. The van der Waals surface area contributed by atoms with Gasteiger partial charge in [-0.25, -0.2) is 4.68 Å². The van der Waals surface area contributed by atoms with Gasteiger partial charge in [-0.15, -0.1) is 5.10 Å². The minimum Gasteiger partial charge on any atom is -0.489 e. The van der Waals surface area contributed by atoms with E-state index >= 15 is 0 Å². The van der Waals surface area contributed by atoms with Crippen molar-refractivity contribution < 1.29 is 4.74 Å². The molecule has 8 heteroatoms. The number of benzene rings is 3. The zero-order valence-corrected chi connectivity index (χ0v) is 17.4. The third-order valence-electron chi connectivity index (χ3n) is 4.28. The summed E-state index contributed by atoms with van der Waals surface area (Å²) in [6.45, 7) is 0.800. The van der Waals surface area contributed by atoms with E-state index in [1.807, 2.05) is 42.5 Å². The third-order valence-corrected chi connectivity index (χ3v) is 5.08. The molecule has 0 aliphatic carbocycles. The van der Waals surface area contributed by atoms with Crippen LogP contribution in [0.2, 0.25) is 15.1 Å². The molecule has 0 atom stereocenters. The van der Waals surface area contributed by atoms with Crippen molar-refractivity contribution in [3.8, 4) is 17.1 Å². The van der Waals surface area contributed by atoms with E-state index in [1.165, 1.54) is 0 Å². The molecule has 1 heterocycles. The average Bonchev–Trinajstić information content (AvgIpc) is 3.18. The first-order valence-electron chi connectivity index (χ1n) is 8.77. The first kappa shape index (κ1) is 19.7. The zero-order valence-electron chi connectivity index (χ0n) is 15.1. The van der Waals surface area contributed by atoms with Gasteiger partial charge in [0.25, 0.3) is 0 Å². The lowest BCUT2D eigenvalue weighted by Crippen LogP contribution is -2.07. The van der Waals surface area contributed by atoms with Crippen molar-refractivity contribution in [2.24, 2.45) is 0 Å². The molecule has 0 bridgehead atoms. The highest BCUT2D eigenvalue weighted by Gasteiger charge is 2.15. The fourth-order valence-electron chi connectivity index (χ4n) is 2.88. The molecule has 0 radical (unpaired) electrons. The Morgan fingerprint density at radius 2 is 1.62 bits per heavy atom. The number of ether oxygens (including phenoxy) is 1. The normalized spacial score (nSPS) is 10.9. The molecular formula is C21H15Cl3N4O. The molecule has 0 aliphatic heterocycles. The van der Waals surface area contributed by atoms with Crippen LogP contribution < -0.4 is 4.74 Å². The number of aromatic nitrogens is 4. The van der Waals surface area contributed by atoms with Crippen LogP contribution in [-0.4, -0.2) is 20.2 Å². The van der Waals surface area contributed by atoms with Gasteiger partial charge in [0.2, 0.25) is 0 Å². The lowest BCUT2D eigenvalue weighted by molar-refractivity contribution is 0.302. The van der Waals surface area contributed by atoms with E-state index in [0.29, 0.717) is 45.4 Å². The molecule has 0 saturated carbocycles. The molecule has 4 rings (SSSR count). The van der Waals surface area contributed by atoms with Crippen molar-refractivity contribution in [3.05, 3.63) is 92.9 Å². The van der Waals surface area contributed by atoms with E-state index in [9.17, 15) is 0 Å². The number of hydrogen-bond donors (Lipinski definition) is 0. The fourth-order valence-corrected chi connectivity index (χ4v) is 3.45. The van der Waals surface area contributed by atoms with Crippen LogP contribution in [0.3, 0.4) is 0 Å². The second kappa shape index (κ2) is 8.82. The topological polar surface area (TPSA) is 52.8 Å². The van der Waals surface area contributed by atoms with E-state index in [-0.39, 0.29) is 0 Å². The lowest BCUT2D eigenvalue weighted by Gasteiger charge is -2.13. The van der Waals surface area contributed by atoms with Gasteiger partial charge in [-0.05, 0) is 52.4 Å². The van der Waals surface area contributed by atoms with Crippen LogP contribution >= 0.6 is 34.8 Å². The van der Waals surface area contributed by atoms with Crippen LogP contribution in [0.15, 0.2) is 66.7 Å². The first-order chi connectivity index (χ1) is 14.1. The molecule has 5 nitrogen and oxygen atoms in total. The minimum absolute atomic E-state index is 0.357. The molecule has 1 aromatic heterocycles. The van der Waals surface area contributed by atoms with Crippen molar-refractivity contribution in [1.29, 1.82) is 0 Å². The van der Waals surface area contributed by atoms with Gasteiger partial charge < -0.3 is 4.74 Å².